The molecular formula is C21H18BrFN2O5. The van der Waals surface area contributed by atoms with Crippen molar-refractivity contribution < 1.29 is 28.6 Å². The minimum atomic E-state index is -1.05. The maximum absolute atomic E-state index is 14.7. The van der Waals surface area contributed by atoms with Gasteiger partial charge in [-0.25, -0.2) is 14.0 Å². The Morgan fingerprint density at radius 1 is 1.33 bits per heavy atom. The number of amides is 2. The number of nitrogens with zero attached hydrogens (tertiary/aromatic N) is 1. The molecule has 0 saturated carbocycles. The highest BCUT2D eigenvalue weighted by Crippen LogP contribution is 2.31. The van der Waals surface area contributed by atoms with E-state index in [9.17, 15) is 18.8 Å². The zero-order chi connectivity index (χ0) is 21.8. The molecule has 0 radical (unpaired) electrons. The number of carbonyl (C=O) groups excluding carboxylic acids is 2. The monoisotopic (exact) mass is 476 g/mol. The molecule has 0 spiro atoms. The number of anilines is 1. The van der Waals surface area contributed by atoms with Gasteiger partial charge in [-0.05, 0) is 42.0 Å². The second-order valence-electron chi connectivity index (χ2n) is 6.64. The molecule has 1 aliphatic heterocycles. The highest BCUT2D eigenvalue weighted by Gasteiger charge is 2.32. The van der Waals surface area contributed by atoms with Crippen LogP contribution in [0.15, 0.2) is 42.5 Å². The number of aromatic carboxylic acids is 1. The number of halogens is 2. The van der Waals surface area contributed by atoms with Crippen molar-refractivity contribution in [1.29, 1.82) is 0 Å². The number of benzene rings is 2. The smallest absolute Gasteiger partial charge is 0.414 e. The van der Waals surface area contributed by atoms with Crippen LogP contribution in [0.25, 0.3) is 10.6 Å². The summed E-state index contributed by atoms with van der Waals surface area (Å²) in [6.45, 7) is 1.74. The molecule has 7 nitrogen and oxygen atoms in total. The van der Waals surface area contributed by atoms with Crippen molar-refractivity contribution >= 4 is 50.1 Å². The molecular weight excluding hydrogens is 459 g/mol. The molecule has 2 aromatic carbocycles. The van der Waals surface area contributed by atoms with Crippen molar-refractivity contribution in [2.45, 2.75) is 13.0 Å². The van der Waals surface area contributed by atoms with Crippen LogP contribution in [0.1, 0.15) is 28.4 Å². The van der Waals surface area contributed by atoms with Gasteiger partial charge in [0.1, 0.15) is 11.9 Å². The van der Waals surface area contributed by atoms with Gasteiger partial charge in [-0.15, -0.1) is 0 Å². The van der Waals surface area contributed by atoms with Crippen LogP contribution in [-0.4, -0.2) is 42.3 Å². The van der Waals surface area contributed by atoms with Crippen molar-refractivity contribution in [2.75, 3.05) is 18.0 Å². The molecule has 2 amide bonds. The Bertz CT molecular complexity index is 1040. The van der Waals surface area contributed by atoms with E-state index in [1.807, 2.05) is 0 Å². The topological polar surface area (TPSA) is 95.9 Å². The summed E-state index contributed by atoms with van der Waals surface area (Å²) < 4.78 is 20.3. The average Bonchev–Trinajstić information content (AvgIpc) is 3.07. The number of carbonyl (C=O) groups is 3. The average molecular weight is 477 g/mol. The van der Waals surface area contributed by atoms with Gasteiger partial charge in [0.2, 0.25) is 5.91 Å². The van der Waals surface area contributed by atoms with Gasteiger partial charge in [-0.2, -0.15) is 0 Å². The molecule has 2 N–H and O–H groups in total. The van der Waals surface area contributed by atoms with Crippen LogP contribution in [0.2, 0.25) is 0 Å². The molecule has 2 aromatic rings. The first-order valence-electron chi connectivity index (χ1n) is 8.97. The predicted octanol–water partition coefficient (Wildman–Crippen LogP) is 3.88. The van der Waals surface area contributed by atoms with Crippen molar-refractivity contribution in [2.24, 2.45) is 0 Å². The maximum Gasteiger partial charge on any atom is 0.414 e. The number of ether oxygens (including phenoxy) is 1. The van der Waals surface area contributed by atoms with E-state index in [2.05, 4.69) is 21.2 Å². The number of rotatable bonds is 6. The van der Waals surface area contributed by atoms with E-state index in [0.717, 1.165) is 0 Å². The zero-order valence-corrected chi connectivity index (χ0v) is 17.5. The molecule has 0 bridgehead atoms. The Balaban J connectivity index is 1.78. The molecule has 1 atom stereocenters. The standard InChI is InChI=1S/C21H18BrFN2O5/c1-12(26)24-10-16-11-25(21(29)30-16)15-5-6-17(19(23)9-15)18(22)8-13-3-2-4-14(7-13)20(27)28/h2-9,16H,10-11H2,1H3,(H,24,26)(H,27,28)/b18-8-/t16-/m0/s1. The normalized spacial score (nSPS) is 16.4. The summed E-state index contributed by atoms with van der Waals surface area (Å²) in [5, 5.41) is 11.7. The SMILES string of the molecule is CC(=O)NC[C@H]1CN(c2ccc(/C(Br)=C/c3cccc(C(=O)O)c3)c(F)c2)C(=O)O1. The van der Waals surface area contributed by atoms with Gasteiger partial charge in [0.15, 0.2) is 0 Å². The van der Waals surface area contributed by atoms with E-state index in [1.54, 1.807) is 24.3 Å². The molecule has 1 fully saturated rings. The van der Waals surface area contributed by atoms with Crippen LogP contribution in [-0.2, 0) is 9.53 Å². The van der Waals surface area contributed by atoms with Crippen LogP contribution in [0.5, 0.6) is 0 Å². The quantitative estimate of drug-likeness (QED) is 0.616. The minimum absolute atomic E-state index is 0.126. The summed E-state index contributed by atoms with van der Waals surface area (Å²) in [4.78, 5) is 35.5. The second-order valence-corrected chi connectivity index (χ2v) is 7.49. The van der Waals surface area contributed by atoms with Gasteiger partial charge in [0.05, 0.1) is 24.3 Å². The lowest BCUT2D eigenvalue weighted by molar-refractivity contribution is -0.119. The fourth-order valence-corrected chi connectivity index (χ4v) is 3.53. The molecule has 156 valence electrons. The number of nitrogens with one attached hydrogen (secondary N) is 1. The summed E-state index contributed by atoms with van der Waals surface area (Å²) in [7, 11) is 0. The van der Waals surface area contributed by atoms with Gasteiger partial charge in [0, 0.05) is 17.0 Å². The van der Waals surface area contributed by atoms with Crippen molar-refractivity contribution in [3.05, 3.63) is 65.0 Å². The lowest BCUT2D eigenvalue weighted by Gasteiger charge is -2.14. The Labute approximate surface area is 180 Å². The molecule has 3 rings (SSSR count). The molecule has 30 heavy (non-hydrogen) atoms. The summed E-state index contributed by atoms with van der Waals surface area (Å²) in [5.74, 6) is -1.85. The van der Waals surface area contributed by atoms with E-state index in [-0.39, 0.29) is 30.1 Å². The molecule has 9 heteroatoms. The van der Waals surface area contributed by atoms with E-state index >= 15 is 0 Å². The van der Waals surface area contributed by atoms with Crippen LogP contribution in [0.3, 0.4) is 0 Å². The lowest BCUT2D eigenvalue weighted by Crippen LogP contribution is -2.33. The summed E-state index contributed by atoms with van der Waals surface area (Å²) in [6.07, 6.45) is 0.479. The molecule has 1 heterocycles. The van der Waals surface area contributed by atoms with Crippen molar-refractivity contribution in [3.8, 4) is 0 Å². The summed E-state index contributed by atoms with van der Waals surface area (Å²) >= 11 is 3.33. The van der Waals surface area contributed by atoms with Gasteiger partial charge in [-0.1, -0.05) is 28.1 Å². The Morgan fingerprint density at radius 3 is 2.77 bits per heavy atom. The van der Waals surface area contributed by atoms with E-state index < -0.39 is 24.0 Å². The zero-order valence-electron chi connectivity index (χ0n) is 15.9. The largest absolute Gasteiger partial charge is 0.478 e. The third-order valence-corrected chi connectivity index (χ3v) is 5.06. The van der Waals surface area contributed by atoms with Crippen molar-refractivity contribution in [1.82, 2.24) is 5.32 Å². The number of hydrogen-bond donors (Lipinski definition) is 2. The fraction of sp³-hybridized carbons (Fsp3) is 0.190. The van der Waals surface area contributed by atoms with Crippen LogP contribution in [0.4, 0.5) is 14.9 Å². The van der Waals surface area contributed by atoms with Crippen LogP contribution in [0, 0.1) is 5.82 Å². The van der Waals surface area contributed by atoms with E-state index in [1.165, 1.54) is 36.1 Å². The lowest BCUT2D eigenvalue weighted by atomic mass is 10.1. The molecule has 1 saturated heterocycles. The first kappa shape index (κ1) is 21.5. The summed E-state index contributed by atoms with van der Waals surface area (Å²) in [5.41, 5.74) is 1.30. The highest BCUT2D eigenvalue weighted by atomic mass is 79.9. The predicted molar refractivity (Wildman–Crippen MR) is 113 cm³/mol. The van der Waals surface area contributed by atoms with Gasteiger partial charge in [0.25, 0.3) is 0 Å². The van der Waals surface area contributed by atoms with E-state index in [4.69, 9.17) is 9.84 Å². The fourth-order valence-electron chi connectivity index (χ4n) is 2.95. The number of carboxylic acid groups (broad SMARTS) is 1. The Kier molecular flexibility index (Phi) is 6.51. The van der Waals surface area contributed by atoms with Gasteiger partial charge < -0.3 is 15.2 Å². The minimum Gasteiger partial charge on any atom is -0.478 e. The maximum atomic E-state index is 14.7. The number of hydrogen-bond acceptors (Lipinski definition) is 4. The number of carboxylic acids is 1. The number of cyclic esters (lactones) is 1. The molecule has 0 unspecified atom stereocenters. The van der Waals surface area contributed by atoms with Crippen molar-refractivity contribution in [3.63, 3.8) is 0 Å². The van der Waals surface area contributed by atoms with Crippen LogP contribution >= 0.6 is 15.9 Å². The molecule has 0 aromatic heterocycles. The first-order chi connectivity index (χ1) is 14.2. The highest BCUT2D eigenvalue weighted by molar-refractivity contribution is 9.15. The Hall–Kier alpha value is -3.20. The second kappa shape index (κ2) is 9.08. The van der Waals surface area contributed by atoms with Gasteiger partial charge >= 0.3 is 12.1 Å². The Morgan fingerprint density at radius 2 is 2.10 bits per heavy atom. The molecule has 0 aliphatic carbocycles. The summed E-state index contributed by atoms with van der Waals surface area (Å²) in [6, 6.07) is 10.6. The molecule has 1 aliphatic rings. The van der Waals surface area contributed by atoms with E-state index in [0.29, 0.717) is 15.7 Å². The first-order valence-corrected chi connectivity index (χ1v) is 9.77. The third-order valence-electron chi connectivity index (χ3n) is 4.40. The van der Waals surface area contributed by atoms with Gasteiger partial charge in [-0.3, -0.25) is 9.69 Å². The third kappa shape index (κ3) is 5.04. The van der Waals surface area contributed by atoms with Crippen LogP contribution < -0.4 is 10.2 Å².